The van der Waals surface area contributed by atoms with Gasteiger partial charge < -0.3 is 19.7 Å². The normalized spacial score (nSPS) is 16.2. The molecule has 2 rings (SSSR count). The molecule has 1 unspecified atom stereocenters. The van der Waals surface area contributed by atoms with Crippen LogP contribution < -0.4 is 5.32 Å². The van der Waals surface area contributed by atoms with Crippen LogP contribution in [0.3, 0.4) is 0 Å². The van der Waals surface area contributed by atoms with Crippen molar-refractivity contribution in [3.05, 3.63) is 29.8 Å². The van der Waals surface area contributed by atoms with Crippen LogP contribution in [0.4, 0.5) is 5.69 Å². The minimum atomic E-state index is -0.392. The van der Waals surface area contributed by atoms with Gasteiger partial charge in [-0.25, -0.2) is 4.79 Å². The average Bonchev–Trinajstić information content (AvgIpc) is 3.12. The number of nitrogens with one attached hydrogen (secondary N) is 1. The third kappa shape index (κ3) is 6.15. The van der Waals surface area contributed by atoms with Crippen LogP contribution in [0, 0.1) is 0 Å². The van der Waals surface area contributed by atoms with Gasteiger partial charge in [0.15, 0.2) is 0 Å². The van der Waals surface area contributed by atoms with Gasteiger partial charge in [0.1, 0.15) is 0 Å². The quantitative estimate of drug-likeness (QED) is 0.717. The Bertz CT molecular complexity index is 623. The lowest BCUT2D eigenvalue weighted by Crippen LogP contribution is -2.37. The third-order valence-electron chi connectivity index (χ3n) is 4.18. The molecule has 0 bridgehead atoms. The lowest BCUT2D eigenvalue weighted by Gasteiger charge is -2.23. The summed E-state index contributed by atoms with van der Waals surface area (Å²) in [7, 11) is 0. The van der Waals surface area contributed by atoms with Crippen molar-refractivity contribution in [1.82, 2.24) is 4.90 Å². The number of nitrogens with zero attached hydrogens (tertiary/aromatic N) is 1. The first-order chi connectivity index (χ1) is 12.5. The first kappa shape index (κ1) is 19.9. The molecule has 1 N–H and O–H groups in total. The second kappa shape index (κ2) is 9.91. The van der Waals surface area contributed by atoms with Gasteiger partial charge in [0.2, 0.25) is 11.8 Å². The van der Waals surface area contributed by atoms with E-state index < -0.39 is 5.97 Å². The summed E-state index contributed by atoms with van der Waals surface area (Å²) in [5.41, 5.74) is 1.03. The van der Waals surface area contributed by atoms with E-state index in [2.05, 4.69) is 5.32 Å². The Morgan fingerprint density at radius 1 is 1.27 bits per heavy atom. The highest BCUT2D eigenvalue weighted by molar-refractivity contribution is 5.93. The van der Waals surface area contributed by atoms with E-state index in [1.54, 1.807) is 36.1 Å². The Labute approximate surface area is 153 Å². The predicted molar refractivity (Wildman–Crippen MR) is 96.9 cm³/mol. The second-order valence-corrected chi connectivity index (χ2v) is 6.20. The van der Waals surface area contributed by atoms with Gasteiger partial charge in [0, 0.05) is 38.7 Å². The molecule has 1 saturated heterocycles. The number of carbonyl (C=O) groups excluding carboxylic acids is 3. The van der Waals surface area contributed by atoms with Crippen LogP contribution in [0.2, 0.25) is 0 Å². The van der Waals surface area contributed by atoms with Crippen molar-refractivity contribution in [2.75, 3.05) is 31.6 Å². The summed E-state index contributed by atoms with van der Waals surface area (Å²) in [6.07, 6.45) is 2.23. The minimum Gasteiger partial charge on any atom is -0.462 e. The summed E-state index contributed by atoms with van der Waals surface area (Å²) in [5, 5.41) is 2.77. The van der Waals surface area contributed by atoms with E-state index in [4.69, 9.17) is 9.47 Å². The van der Waals surface area contributed by atoms with E-state index in [-0.39, 0.29) is 24.3 Å². The fourth-order valence-electron chi connectivity index (χ4n) is 2.78. The van der Waals surface area contributed by atoms with Crippen LogP contribution in [-0.2, 0) is 19.1 Å². The monoisotopic (exact) mass is 362 g/mol. The molecule has 1 aliphatic heterocycles. The van der Waals surface area contributed by atoms with Gasteiger partial charge in [0.05, 0.1) is 18.3 Å². The van der Waals surface area contributed by atoms with E-state index in [1.807, 2.05) is 0 Å². The Kier molecular flexibility index (Phi) is 7.59. The number of anilines is 1. The lowest BCUT2D eigenvalue weighted by atomic mass is 10.2. The molecule has 1 aromatic rings. The fourth-order valence-corrected chi connectivity index (χ4v) is 2.78. The number of benzene rings is 1. The van der Waals surface area contributed by atoms with Crippen LogP contribution in [0.1, 0.15) is 43.5 Å². The molecule has 1 atom stereocenters. The zero-order valence-corrected chi connectivity index (χ0v) is 15.3. The van der Waals surface area contributed by atoms with Crippen LogP contribution in [0.5, 0.6) is 0 Å². The molecular formula is C19H26N2O5. The van der Waals surface area contributed by atoms with Gasteiger partial charge in [-0.1, -0.05) is 0 Å². The topological polar surface area (TPSA) is 84.9 Å². The van der Waals surface area contributed by atoms with E-state index in [0.717, 1.165) is 19.4 Å². The van der Waals surface area contributed by atoms with Gasteiger partial charge >= 0.3 is 5.97 Å². The van der Waals surface area contributed by atoms with E-state index >= 15 is 0 Å². The fraction of sp³-hybridized carbons (Fsp3) is 0.526. The predicted octanol–water partition coefficient (Wildman–Crippen LogP) is 2.22. The number of ether oxygens (including phenoxy) is 2. The van der Waals surface area contributed by atoms with Gasteiger partial charge in [-0.2, -0.15) is 0 Å². The zero-order chi connectivity index (χ0) is 18.9. The van der Waals surface area contributed by atoms with Crippen molar-refractivity contribution in [3.63, 3.8) is 0 Å². The van der Waals surface area contributed by atoms with Crippen LogP contribution in [-0.4, -0.2) is 55.1 Å². The molecule has 0 radical (unpaired) electrons. The molecule has 1 heterocycles. The second-order valence-electron chi connectivity index (χ2n) is 6.20. The molecule has 26 heavy (non-hydrogen) atoms. The molecule has 7 nitrogen and oxygen atoms in total. The van der Waals surface area contributed by atoms with Crippen molar-refractivity contribution in [2.24, 2.45) is 0 Å². The first-order valence-electron chi connectivity index (χ1n) is 8.93. The molecule has 0 aromatic heterocycles. The number of amides is 2. The molecule has 0 saturated carbocycles. The standard InChI is InChI=1S/C19H26N2O5/c1-3-25-19(24)15-6-8-16(9-7-15)20-18(23)10-11-21(14(2)22)13-17-5-4-12-26-17/h6-9,17H,3-5,10-13H2,1-2H3,(H,20,23). The van der Waals surface area contributed by atoms with Crippen molar-refractivity contribution < 1.29 is 23.9 Å². The van der Waals surface area contributed by atoms with Crippen LogP contribution in [0.15, 0.2) is 24.3 Å². The van der Waals surface area contributed by atoms with Crippen molar-refractivity contribution in [1.29, 1.82) is 0 Å². The summed E-state index contributed by atoms with van der Waals surface area (Å²) in [4.78, 5) is 37.1. The summed E-state index contributed by atoms with van der Waals surface area (Å²) >= 11 is 0. The number of hydrogen-bond acceptors (Lipinski definition) is 5. The highest BCUT2D eigenvalue weighted by atomic mass is 16.5. The average molecular weight is 362 g/mol. The maximum absolute atomic E-state index is 12.1. The Morgan fingerprint density at radius 2 is 2.00 bits per heavy atom. The molecule has 1 aromatic carbocycles. The van der Waals surface area contributed by atoms with E-state index in [9.17, 15) is 14.4 Å². The highest BCUT2D eigenvalue weighted by Gasteiger charge is 2.21. The van der Waals surface area contributed by atoms with Gasteiger partial charge in [-0.05, 0) is 44.0 Å². The number of hydrogen-bond donors (Lipinski definition) is 1. The largest absolute Gasteiger partial charge is 0.462 e. The van der Waals surface area contributed by atoms with Crippen molar-refractivity contribution in [2.45, 2.75) is 39.2 Å². The molecule has 1 fully saturated rings. The van der Waals surface area contributed by atoms with E-state index in [1.165, 1.54) is 6.92 Å². The molecular weight excluding hydrogens is 336 g/mol. The molecule has 0 aliphatic carbocycles. The molecule has 0 spiro atoms. The summed E-state index contributed by atoms with van der Waals surface area (Å²) in [6.45, 7) is 5.17. The molecule has 142 valence electrons. The van der Waals surface area contributed by atoms with Gasteiger partial charge in [0.25, 0.3) is 0 Å². The summed E-state index contributed by atoms with van der Waals surface area (Å²) < 4.78 is 10.5. The molecule has 1 aliphatic rings. The maximum atomic E-state index is 12.1. The first-order valence-corrected chi connectivity index (χ1v) is 8.93. The molecule has 7 heteroatoms. The highest BCUT2D eigenvalue weighted by Crippen LogP contribution is 2.14. The maximum Gasteiger partial charge on any atom is 0.338 e. The summed E-state index contributed by atoms with van der Waals surface area (Å²) in [6, 6.07) is 6.51. The number of rotatable bonds is 8. The SMILES string of the molecule is CCOC(=O)c1ccc(NC(=O)CCN(CC2CCCO2)C(C)=O)cc1. The molecule has 2 amide bonds. The lowest BCUT2D eigenvalue weighted by molar-refractivity contribution is -0.130. The van der Waals surface area contributed by atoms with E-state index in [0.29, 0.717) is 30.9 Å². The van der Waals surface area contributed by atoms with Crippen LogP contribution in [0.25, 0.3) is 0 Å². The number of esters is 1. The Morgan fingerprint density at radius 3 is 2.58 bits per heavy atom. The van der Waals surface area contributed by atoms with Crippen molar-refractivity contribution in [3.8, 4) is 0 Å². The van der Waals surface area contributed by atoms with Gasteiger partial charge in [-0.15, -0.1) is 0 Å². The minimum absolute atomic E-state index is 0.0629. The third-order valence-corrected chi connectivity index (χ3v) is 4.18. The smallest absolute Gasteiger partial charge is 0.338 e. The Hall–Kier alpha value is -2.41. The Balaban J connectivity index is 1.81. The van der Waals surface area contributed by atoms with Crippen molar-refractivity contribution >= 4 is 23.5 Å². The van der Waals surface area contributed by atoms with Gasteiger partial charge in [-0.3, -0.25) is 9.59 Å². The summed E-state index contributed by atoms with van der Waals surface area (Å²) in [5.74, 6) is -0.642. The number of carbonyl (C=O) groups is 3. The van der Waals surface area contributed by atoms with Crippen LogP contribution >= 0.6 is 0 Å². The zero-order valence-electron chi connectivity index (χ0n) is 15.3.